The van der Waals surface area contributed by atoms with Crippen molar-refractivity contribution in [2.75, 3.05) is 30.3 Å². The highest BCUT2D eigenvalue weighted by molar-refractivity contribution is 6.31. The van der Waals surface area contributed by atoms with E-state index in [0.29, 0.717) is 24.5 Å². The Balaban J connectivity index is 1.89. The van der Waals surface area contributed by atoms with Crippen LogP contribution in [-0.4, -0.2) is 58.6 Å². The van der Waals surface area contributed by atoms with Gasteiger partial charge in [0.1, 0.15) is 5.60 Å². The Bertz CT molecular complexity index is 1090. The normalized spacial score (nSPS) is 13.2. The van der Waals surface area contributed by atoms with E-state index < -0.39 is 17.2 Å². The fourth-order valence-corrected chi connectivity index (χ4v) is 3.37. The van der Waals surface area contributed by atoms with Gasteiger partial charge in [-0.3, -0.25) is 9.59 Å². The molecule has 1 aromatic carbocycles. The number of ketones is 2. The summed E-state index contributed by atoms with van der Waals surface area (Å²) >= 11 is 0. The minimum atomic E-state index is -0.597. The van der Waals surface area contributed by atoms with Crippen LogP contribution in [-0.2, 0) is 4.74 Å². The highest BCUT2D eigenvalue weighted by atomic mass is 16.6. The highest BCUT2D eigenvalue weighted by Gasteiger charge is 2.35. The average Bonchev–Trinajstić information content (AvgIpc) is 2.74. The maximum atomic E-state index is 13.4. The fourth-order valence-electron chi connectivity index (χ4n) is 3.37. The van der Waals surface area contributed by atoms with Crippen molar-refractivity contribution in [3.8, 4) is 0 Å². The number of carbonyl (C=O) groups excluding carboxylic acids is 3. The van der Waals surface area contributed by atoms with E-state index in [9.17, 15) is 14.4 Å². The quantitative estimate of drug-likeness (QED) is 0.395. The number of benzene rings is 1. The summed E-state index contributed by atoms with van der Waals surface area (Å²) in [5.74, 6) is -0.647. The molecule has 0 fully saturated rings. The Morgan fingerprint density at radius 3 is 2.03 bits per heavy atom. The molecule has 0 radical (unpaired) electrons. The molecule has 10 nitrogen and oxygen atoms in total. The standard InChI is InChI=1S/C23H30N6O4/c1-22(2,3)33-21(32)26-9-8-25-15-6-7-16(29-23(4,5)12-24)18-17(15)19(30)13-10-27-28-11-14(13)20(18)31/h6-7,10-11,25,29H,8-9,12,24H2,1-5H3,(H,26,32). The molecule has 1 aromatic heterocycles. The van der Waals surface area contributed by atoms with Crippen molar-refractivity contribution in [1.82, 2.24) is 15.5 Å². The van der Waals surface area contributed by atoms with Gasteiger partial charge < -0.3 is 26.4 Å². The van der Waals surface area contributed by atoms with Crippen molar-refractivity contribution >= 4 is 29.0 Å². The molecule has 3 rings (SSSR count). The third-order valence-corrected chi connectivity index (χ3v) is 4.97. The first kappa shape index (κ1) is 24.1. The van der Waals surface area contributed by atoms with Gasteiger partial charge in [0.05, 0.1) is 34.6 Å². The van der Waals surface area contributed by atoms with Crippen LogP contribution in [0.1, 0.15) is 66.5 Å². The van der Waals surface area contributed by atoms with Crippen LogP contribution in [0.3, 0.4) is 0 Å². The summed E-state index contributed by atoms with van der Waals surface area (Å²) in [6, 6.07) is 3.47. The topological polar surface area (TPSA) is 148 Å². The third-order valence-electron chi connectivity index (χ3n) is 4.97. The fraction of sp³-hybridized carbons (Fsp3) is 0.435. The van der Waals surface area contributed by atoms with Gasteiger partial charge in [-0.05, 0) is 46.8 Å². The summed E-state index contributed by atoms with van der Waals surface area (Å²) in [4.78, 5) is 38.6. The van der Waals surface area contributed by atoms with Gasteiger partial charge in [0.25, 0.3) is 0 Å². The molecule has 0 aliphatic heterocycles. The Hall–Kier alpha value is -3.53. The van der Waals surface area contributed by atoms with Crippen LogP contribution in [0.15, 0.2) is 24.5 Å². The summed E-state index contributed by atoms with van der Waals surface area (Å²) in [5.41, 5.74) is 6.66. The Kier molecular flexibility index (Phi) is 6.68. The minimum Gasteiger partial charge on any atom is -0.444 e. The van der Waals surface area contributed by atoms with E-state index in [1.54, 1.807) is 32.9 Å². The second-order valence-corrected chi connectivity index (χ2v) is 9.45. The van der Waals surface area contributed by atoms with Gasteiger partial charge in [0, 0.05) is 36.5 Å². The largest absolute Gasteiger partial charge is 0.444 e. The molecule has 10 heteroatoms. The number of rotatable bonds is 7. The van der Waals surface area contributed by atoms with Crippen LogP contribution >= 0.6 is 0 Å². The van der Waals surface area contributed by atoms with Gasteiger partial charge in [0.15, 0.2) is 11.6 Å². The predicted octanol–water partition coefficient (Wildman–Crippen LogP) is 2.34. The number of carbonyl (C=O) groups is 3. The van der Waals surface area contributed by atoms with E-state index in [4.69, 9.17) is 10.5 Å². The van der Waals surface area contributed by atoms with Gasteiger partial charge in [-0.2, -0.15) is 10.2 Å². The minimum absolute atomic E-state index is 0.202. The van der Waals surface area contributed by atoms with E-state index in [-0.39, 0.29) is 40.4 Å². The number of fused-ring (bicyclic) bond motifs is 2. The van der Waals surface area contributed by atoms with Crippen molar-refractivity contribution in [3.05, 3.63) is 46.8 Å². The van der Waals surface area contributed by atoms with Gasteiger partial charge in [-0.1, -0.05) is 0 Å². The first-order valence-corrected chi connectivity index (χ1v) is 10.7. The predicted molar refractivity (Wildman–Crippen MR) is 125 cm³/mol. The lowest BCUT2D eigenvalue weighted by Gasteiger charge is -2.29. The lowest BCUT2D eigenvalue weighted by Crippen LogP contribution is -2.40. The third kappa shape index (κ3) is 5.46. The molecule has 1 heterocycles. The molecule has 1 aliphatic carbocycles. The first-order chi connectivity index (χ1) is 15.4. The Labute approximate surface area is 192 Å². The van der Waals surface area contributed by atoms with E-state index in [2.05, 4.69) is 26.1 Å². The average molecular weight is 455 g/mol. The zero-order valence-electron chi connectivity index (χ0n) is 19.5. The number of amides is 1. The van der Waals surface area contributed by atoms with Gasteiger partial charge in [-0.25, -0.2) is 4.79 Å². The zero-order valence-corrected chi connectivity index (χ0v) is 19.5. The smallest absolute Gasteiger partial charge is 0.407 e. The number of ether oxygens (including phenoxy) is 1. The number of nitrogens with two attached hydrogens (primary N) is 1. The summed E-state index contributed by atoms with van der Waals surface area (Å²) in [5, 5.41) is 16.6. The summed E-state index contributed by atoms with van der Waals surface area (Å²) in [6.45, 7) is 10.0. The Morgan fingerprint density at radius 2 is 1.48 bits per heavy atom. The van der Waals surface area contributed by atoms with E-state index >= 15 is 0 Å². The van der Waals surface area contributed by atoms with Crippen molar-refractivity contribution in [3.63, 3.8) is 0 Å². The number of alkyl carbamates (subject to hydrolysis) is 1. The van der Waals surface area contributed by atoms with E-state index in [1.807, 2.05) is 13.8 Å². The maximum Gasteiger partial charge on any atom is 0.407 e. The van der Waals surface area contributed by atoms with Crippen molar-refractivity contribution in [2.24, 2.45) is 5.73 Å². The molecule has 176 valence electrons. The molecule has 1 amide bonds. The van der Waals surface area contributed by atoms with E-state index in [1.165, 1.54) is 12.4 Å². The second kappa shape index (κ2) is 9.14. The van der Waals surface area contributed by atoms with Crippen molar-refractivity contribution < 1.29 is 19.1 Å². The monoisotopic (exact) mass is 454 g/mol. The van der Waals surface area contributed by atoms with Crippen molar-refractivity contribution in [2.45, 2.75) is 45.8 Å². The lowest BCUT2D eigenvalue weighted by atomic mass is 9.83. The molecule has 1 aliphatic rings. The highest BCUT2D eigenvalue weighted by Crippen LogP contribution is 2.36. The van der Waals surface area contributed by atoms with Crippen LogP contribution in [0.2, 0.25) is 0 Å². The van der Waals surface area contributed by atoms with Crippen LogP contribution in [0.4, 0.5) is 16.2 Å². The summed E-state index contributed by atoms with van der Waals surface area (Å²) in [6.07, 6.45) is 2.07. The Morgan fingerprint density at radius 1 is 0.939 bits per heavy atom. The zero-order chi connectivity index (χ0) is 24.4. The van der Waals surface area contributed by atoms with Crippen LogP contribution in [0, 0.1) is 0 Å². The molecule has 0 spiro atoms. The molecular weight excluding hydrogens is 424 g/mol. The van der Waals surface area contributed by atoms with Gasteiger partial charge in [-0.15, -0.1) is 0 Å². The molecular formula is C23H30N6O4. The SMILES string of the molecule is CC(C)(CN)Nc1ccc(NCCNC(=O)OC(C)(C)C)c2c1C(=O)c1cnncc1C2=O. The van der Waals surface area contributed by atoms with Gasteiger partial charge in [0.2, 0.25) is 0 Å². The molecule has 0 bridgehead atoms. The summed E-state index contributed by atoms with van der Waals surface area (Å²) in [7, 11) is 0. The molecule has 0 atom stereocenters. The molecule has 0 saturated heterocycles. The molecule has 0 saturated carbocycles. The van der Waals surface area contributed by atoms with E-state index in [0.717, 1.165) is 0 Å². The second-order valence-electron chi connectivity index (χ2n) is 9.45. The summed E-state index contributed by atoms with van der Waals surface area (Å²) < 4.78 is 5.22. The maximum absolute atomic E-state index is 13.4. The van der Waals surface area contributed by atoms with Gasteiger partial charge >= 0.3 is 6.09 Å². The lowest BCUT2D eigenvalue weighted by molar-refractivity contribution is 0.0529. The number of aromatic nitrogens is 2. The molecule has 33 heavy (non-hydrogen) atoms. The molecule has 2 aromatic rings. The number of anilines is 2. The number of hydrogen-bond donors (Lipinski definition) is 4. The van der Waals surface area contributed by atoms with Crippen LogP contribution < -0.4 is 21.7 Å². The molecule has 0 unspecified atom stereocenters. The van der Waals surface area contributed by atoms with Crippen LogP contribution in [0.25, 0.3) is 0 Å². The van der Waals surface area contributed by atoms with Crippen LogP contribution in [0.5, 0.6) is 0 Å². The number of nitrogens with one attached hydrogen (secondary N) is 3. The molecule has 5 N–H and O–H groups in total. The number of hydrogen-bond acceptors (Lipinski definition) is 9. The number of nitrogens with zero attached hydrogens (tertiary/aromatic N) is 2. The first-order valence-electron chi connectivity index (χ1n) is 10.7. The van der Waals surface area contributed by atoms with Crippen molar-refractivity contribution in [1.29, 1.82) is 0 Å².